The van der Waals surface area contributed by atoms with Crippen LogP contribution in [0.15, 0.2) is 48.5 Å². The van der Waals surface area contributed by atoms with Gasteiger partial charge in [-0.3, -0.25) is 4.79 Å². The Kier molecular flexibility index (Phi) is 5.06. The van der Waals surface area contributed by atoms with Gasteiger partial charge in [0.2, 0.25) is 0 Å². The van der Waals surface area contributed by atoms with Crippen molar-refractivity contribution in [3.05, 3.63) is 65.5 Å². The molecule has 0 aliphatic heterocycles. The fourth-order valence-corrected chi connectivity index (χ4v) is 2.00. The molecule has 0 aliphatic rings. The Morgan fingerprint density at radius 1 is 1.19 bits per heavy atom. The molecule has 2 aromatic carbocycles. The van der Waals surface area contributed by atoms with Crippen LogP contribution >= 0.6 is 0 Å². The molecule has 1 N–H and O–H groups in total. The largest absolute Gasteiger partial charge is 0.497 e. The number of Topliss-reactive ketones (excluding diaryl/α,β-unsaturated/α-hetero) is 1. The summed E-state index contributed by atoms with van der Waals surface area (Å²) >= 11 is 0. The van der Waals surface area contributed by atoms with Crippen LogP contribution < -0.4 is 10.1 Å². The zero-order chi connectivity index (χ0) is 15.2. The highest BCUT2D eigenvalue weighted by molar-refractivity contribution is 5.99. The van der Waals surface area contributed by atoms with E-state index in [1.54, 1.807) is 56.5 Å². The van der Waals surface area contributed by atoms with E-state index in [9.17, 15) is 9.18 Å². The third-order valence-electron chi connectivity index (χ3n) is 3.32. The first-order chi connectivity index (χ1) is 10.1. The molecule has 0 aromatic heterocycles. The lowest BCUT2D eigenvalue weighted by molar-refractivity contribution is 0.0950. The number of rotatable bonds is 6. The minimum absolute atomic E-state index is 0.0333. The molecular formula is C17H18FNO2. The zero-order valence-electron chi connectivity index (χ0n) is 12.1. The van der Waals surface area contributed by atoms with Gasteiger partial charge >= 0.3 is 0 Å². The maximum Gasteiger partial charge on any atom is 0.179 e. The summed E-state index contributed by atoms with van der Waals surface area (Å²) < 4.78 is 18.6. The first-order valence-electron chi connectivity index (χ1n) is 6.77. The van der Waals surface area contributed by atoms with E-state index < -0.39 is 6.04 Å². The van der Waals surface area contributed by atoms with Crippen molar-refractivity contribution in [3.63, 3.8) is 0 Å². The minimum atomic E-state index is -0.391. The van der Waals surface area contributed by atoms with Gasteiger partial charge in [-0.2, -0.15) is 0 Å². The van der Waals surface area contributed by atoms with Crippen molar-refractivity contribution < 1.29 is 13.9 Å². The number of ether oxygens (including phenoxy) is 1. The summed E-state index contributed by atoms with van der Waals surface area (Å²) in [5.74, 6) is 0.404. The molecule has 21 heavy (non-hydrogen) atoms. The first kappa shape index (κ1) is 15.2. The standard InChI is InChI=1S/C17H18FNO2/c1-12(19-11-14-5-3-4-6-16(14)18)17(20)13-7-9-15(21-2)10-8-13/h3-10,12,19H,11H2,1-2H3. The molecule has 0 heterocycles. The van der Waals surface area contributed by atoms with E-state index >= 15 is 0 Å². The fraction of sp³-hybridized carbons (Fsp3) is 0.235. The van der Waals surface area contributed by atoms with Crippen molar-refractivity contribution in [3.8, 4) is 5.75 Å². The Labute approximate surface area is 123 Å². The topological polar surface area (TPSA) is 38.3 Å². The molecule has 0 spiro atoms. The van der Waals surface area contributed by atoms with E-state index in [1.165, 1.54) is 6.07 Å². The molecule has 2 aromatic rings. The number of hydrogen-bond donors (Lipinski definition) is 1. The number of carbonyl (C=O) groups excluding carboxylic acids is 1. The summed E-state index contributed by atoms with van der Waals surface area (Å²) in [5, 5.41) is 3.05. The van der Waals surface area contributed by atoms with Crippen molar-refractivity contribution in [1.82, 2.24) is 5.32 Å². The summed E-state index contributed by atoms with van der Waals surface area (Å²) in [5.41, 5.74) is 1.15. The van der Waals surface area contributed by atoms with Crippen LogP contribution in [0, 0.1) is 5.82 Å². The highest BCUT2D eigenvalue weighted by Gasteiger charge is 2.15. The maximum absolute atomic E-state index is 13.5. The normalized spacial score (nSPS) is 12.0. The van der Waals surface area contributed by atoms with Crippen molar-refractivity contribution in [2.45, 2.75) is 19.5 Å². The zero-order valence-corrected chi connectivity index (χ0v) is 12.1. The van der Waals surface area contributed by atoms with Crippen LogP contribution in [0.2, 0.25) is 0 Å². The van der Waals surface area contributed by atoms with Gasteiger partial charge in [-0.15, -0.1) is 0 Å². The van der Waals surface area contributed by atoms with Crippen molar-refractivity contribution in [2.24, 2.45) is 0 Å². The lowest BCUT2D eigenvalue weighted by Gasteiger charge is -2.13. The van der Waals surface area contributed by atoms with Gasteiger partial charge in [0.25, 0.3) is 0 Å². The van der Waals surface area contributed by atoms with Gasteiger partial charge in [0.05, 0.1) is 13.2 Å². The molecule has 0 radical (unpaired) electrons. The summed E-state index contributed by atoms with van der Waals surface area (Å²) in [6.45, 7) is 2.09. The van der Waals surface area contributed by atoms with Gasteiger partial charge in [0.15, 0.2) is 5.78 Å². The Morgan fingerprint density at radius 3 is 2.48 bits per heavy atom. The van der Waals surface area contributed by atoms with Crippen LogP contribution in [0.25, 0.3) is 0 Å². The number of ketones is 1. The van der Waals surface area contributed by atoms with Crippen molar-refractivity contribution in [1.29, 1.82) is 0 Å². The van der Waals surface area contributed by atoms with Crippen LogP contribution in [-0.2, 0) is 6.54 Å². The molecule has 3 nitrogen and oxygen atoms in total. The molecule has 0 fully saturated rings. The van der Waals surface area contributed by atoms with Crippen molar-refractivity contribution in [2.75, 3.05) is 7.11 Å². The van der Waals surface area contributed by atoms with E-state index in [-0.39, 0.29) is 11.6 Å². The number of halogens is 1. The fourth-order valence-electron chi connectivity index (χ4n) is 2.00. The van der Waals surface area contributed by atoms with E-state index in [4.69, 9.17) is 4.74 Å². The highest BCUT2D eigenvalue weighted by Crippen LogP contribution is 2.13. The van der Waals surface area contributed by atoms with Crippen LogP contribution in [0.3, 0.4) is 0 Å². The molecule has 1 unspecified atom stereocenters. The third-order valence-corrected chi connectivity index (χ3v) is 3.32. The van der Waals surface area contributed by atoms with Gasteiger partial charge in [-0.05, 0) is 37.3 Å². The van der Waals surface area contributed by atoms with Gasteiger partial charge in [-0.1, -0.05) is 18.2 Å². The number of benzene rings is 2. The van der Waals surface area contributed by atoms with Crippen molar-refractivity contribution >= 4 is 5.78 Å². The van der Waals surface area contributed by atoms with Gasteiger partial charge in [-0.25, -0.2) is 4.39 Å². The second kappa shape index (κ2) is 6.99. The van der Waals surface area contributed by atoms with Gasteiger partial charge in [0, 0.05) is 17.7 Å². The molecule has 0 bridgehead atoms. The molecule has 4 heteroatoms. The molecule has 1 atom stereocenters. The number of methoxy groups -OCH3 is 1. The summed E-state index contributed by atoms with van der Waals surface area (Å²) in [6, 6.07) is 13.1. The molecule has 0 saturated carbocycles. The van der Waals surface area contributed by atoms with E-state index in [0.717, 1.165) is 0 Å². The first-order valence-corrected chi connectivity index (χ1v) is 6.77. The Bertz CT molecular complexity index is 610. The molecule has 0 saturated heterocycles. The predicted octanol–water partition coefficient (Wildman–Crippen LogP) is 3.20. The average Bonchev–Trinajstić information content (AvgIpc) is 2.53. The van der Waals surface area contributed by atoms with Crippen LogP contribution in [-0.4, -0.2) is 18.9 Å². The van der Waals surface area contributed by atoms with Crippen LogP contribution in [0.5, 0.6) is 5.75 Å². The van der Waals surface area contributed by atoms with Gasteiger partial charge in [0.1, 0.15) is 11.6 Å². The Hall–Kier alpha value is -2.20. The molecule has 0 amide bonds. The SMILES string of the molecule is COc1ccc(C(=O)C(C)NCc2ccccc2F)cc1. The maximum atomic E-state index is 13.5. The quantitative estimate of drug-likeness (QED) is 0.829. The number of hydrogen-bond acceptors (Lipinski definition) is 3. The smallest absolute Gasteiger partial charge is 0.179 e. The second-order valence-corrected chi connectivity index (χ2v) is 4.79. The van der Waals surface area contributed by atoms with E-state index in [2.05, 4.69) is 5.32 Å². The van der Waals surface area contributed by atoms with Gasteiger partial charge < -0.3 is 10.1 Å². The van der Waals surface area contributed by atoms with Crippen LogP contribution in [0.1, 0.15) is 22.8 Å². The summed E-state index contributed by atoms with van der Waals surface area (Å²) in [4.78, 5) is 12.3. The molecule has 0 aliphatic carbocycles. The molecular weight excluding hydrogens is 269 g/mol. The predicted molar refractivity (Wildman–Crippen MR) is 80.0 cm³/mol. The average molecular weight is 287 g/mol. The minimum Gasteiger partial charge on any atom is -0.497 e. The number of carbonyl (C=O) groups is 1. The highest BCUT2D eigenvalue weighted by atomic mass is 19.1. The third kappa shape index (κ3) is 3.89. The van der Waals surface area contributed by atoms with E-state index in [1.807, 2.05) is 0 Å². The summed E-state index contributed by atoms with van der Waals surface area (Å²) in [6.07, 6.45) is 0. The monoisotopic (exact) mass is 287 g/mol. The Morgan fingerprint density at radius 2 is 1.86 bits per heavy atom. The van der Waals surface area contributed by atoms with Crippen LogP contribution in [0.4, 0.5) is 4.39 Å². The summed E-state index contributed by atoms with van der Waals surface area (Å²) in [7, 11) is 1.58. The lowest BCUT2D eigenvalue weighted by atomic mass is 10.0. The molecule has 110 valence electrons. The Balaban J connectivity index is 1.97. The number of nitrogens with one attached hydrogen (secondary N) is 1. The lowest BCUT2D eigenvalue weighted by Crippen LogP contribution is -2.33. The van der Waals surface area contributed by atoms with E-state index in [0.29, 0.717) is 23.4 Å². The second-order valence-electron chi connectivity index (χ2n) is 4.79. The molecule has 2 rings (SSSR count).